The average Bonchev–Trinajstić information content (AvgIpc) is 3.42. The third kappa shape index (κ3) is 4.61. The molecule has 146 valence electrons. The highest BCUT2D eigenvalue weighted by Gasteiger charge is 2.39. The van der Waals surface area contributed by atoms with Gasteiger partial charge in [-0.3, -0.25) is 14.6 Å². The van der Waals surface area contributed by atoms with Gasteiger partial charge in [0, 0.05) is 25.7 Å². The maximum atomic E-state index is 12.3. The number of nitrogens with one attached hydrogen (secondary N) is 1. The van der Waals surface area contributed by atoms with Crippen molar-refractivity contribution in [1.29, 1.82) is 0 Å². The molecule has 0 radical (unpaired) electrons. The molecule has 1 atom stereocenters. The Morgan fingerprint density at radius 1 is 1.15 bits per heavy atom. The van der Waals surface area contributed by atoms with Crippen LogP contribution < -0.4 is 5.32 Å². The lowest BCUT2D eigenvalue weighted by Gasteiger charge is -2.30. The van der Waals surface area contributed by atoms with Crippen molar-refractivity contribution in [3.63, 3.8) is 0 Å². The Balaban J connectivity index is 1.24. The van der Waals surface area contributed by atoms with E-state index in [2.05, 4.69) is 41.4 Å². The van der Waals surface area contributed by atoms with E-state index in [1.54, 1.807) is 4.90 Å². The molecular weight excluding hydrogens is 340 g/mol. The van der Waals surface area contributed by atoms with Crippen molar-refractivity contribution in [2.45, 2.75) is 51.7 Å². The van der Waals surface area contributed by atoms with E-state index in [1.165, 1.54) is 31.5 Å². The molecule has 1 saturated carbocycles. The monoisotopic (exact) mass is 370 g/mol. The van der Waals surface area contributed by atoms with Gasteiger partial charge in [-0.1, -0.05) is 31.2 Å². The predicted octanol–water partition coefficient (Wildman–Crippen LogP) is 2.39. The lowest BCUT2D eigenvalue weighted by Crippen LogP contribution is -2.39. The molecule has 0 bridgehead atoms. The zero-order chi connectivity index (χ0) is 18.8. The second-order valence-electron chi connectivity index (χ2n) is 8.39. The predicted molar refractivity (Wildman–Crippen MR) is 104 cm³/mol. The number of likely N-dealkylation sites (tertiary alicyclic amines) is 1. The number of hydrogen-bond acceptors (Lipinski definition) is 3. The van der Waals surface area contributed by atoms with Crippen LogP contribution in [0, 0.1) is 5.92 Å². The molecule has 6 nitrogen and oxygen atoms in total. The van der Waals surface area contributed by atoms with E-state index in [9.17, 15) is 9.59 Å². The fourth-order valence-electron chi connectivity index (χ4n) is 4.15. The maximum absolute atomic E-state index is 12.3. The molecule has 0 aromatic heterocycles. The highest BCUT2D eigenvalue weighted by Crippen LogP contribution is 2.29. The molecule has 3 amide bonds. The molecule has 0 spiro atoms. The molecular formula is C21H30N4O2. The normalized spacial score (nSPS) is 23.7. The van der Waals surface area contributed by atoms with Gasteiger partial charge in [0.25, 0.3) is 0 Å². The number of carbonyl (C=O) groups excluding carboxylic acids is 2. The van der Waals surface area contributed by atoms with Gasteiger partial charge in [0.1, 0.15) is 6.54 Å². The second-order valence-corrected chi connectivity index (χ2v) is 8.39. The van der Waals surface area contributed by atoms with Crippen LogP contribution in [0.15, 0.2) is 24.3 Å². The summed E-state index contributed by atoms with van der Waals surface area (Å²) in [5, 5.41) is 2.95. The first-order valence-corrected chi connectivity index (χ1v) is 10.2. The first-order valence-electron chi connectivity index (χ1n) is 10.2. The van der Waals surface area contributed by atoms with E-state index < -0.39 is 0 Å². The number of amides is 3. The highest BCUT2D eigenvalue weighted by molar-refractivity contribution is 5.87. The van der Waals surface area contributed by atoms with Gasteiger partial charge in [-0.25, -0.2) is 4.79 Å². The van der Waals surface area contributed by atoms with Crippen LogP contribution in [0.2, 0.25) is 0 Å². The van der Waals surface area contributed by atoms with Gasteiger partial charge in [-0.15, -0.1) is 0 Å². The number of benzene rings is 1. The minimum absolute atomic E-state index is 0.0732. The summed E-state index contributed by atoms with van der Waals surface area (Å²) < 4.78 is 0. The summed E-state index contributed by atoms with van der Waals surface area (Å²) in [5.74, 6) is 0.866. The molecule has 2 heterocycles. The van der Waals surface area contributed by atoms with E-state index in [0.717, 1.165) is 30.9 Å². The lowest BCUT2D eigenvalue weighted by molar-refractivity contribution is -0.127. The lowest BCUT2D eigenvalue weighted by atomic mass is 9.99. The van der Waals surface area contributed by atoms with Crippen molar-refractivity contribution in [2.24, 2.45) is 5.92 Å². The summed E-state index contributed by atoms with van der Waals surface area (Å²) in [7, 11) is 0. The van der Waals surface area contributed by atoms with E-state index >= 15 is 0 Å². The molecule has 1 aromatic carbocycles. The van der Waals surface area contributed by atoms with Crippen molar-refractivity contribution >= 4 is 11.9 Å². The Labute approximate surface area is 161 Å². The van der Waals surface area contributed by atoms with Gasteiger partial charge in [-0.05, 0) is 49.3 Å². The molecule has 3 aliphatic rings. The maximum Gasteiger partial charge on any atom is 0.319 e. The van der Waals surface area contributed by atoms with E-state index in [-0.39, 0.29) is 18.5 Å². The smallest absolute Gasteiger partial charge is 0.319 e. The standard InChI is InChI=1S/C21H30N4O2/c1-16-3-2-10-23(12-16)13-18-6-4-17(5-7-18)11-22-21(27)24-14-20(26)25(15-24)19-8-9-19/h4-7,16,19H,2-3,8-15H2,1H3,(H,22,27). The number of hydrogen-bond donors (Lipinski definition) is 1. The number of urea groups is 1. The summed E-state index contributed by atoms with van der Waals surface area (Å²) in [5.41, 5.74) is 2.41. The fourth-order valence-corrected chi connectivity index (χ4v) is 4.15. The minimum atomic E-state index is -0.155. The topological polar surface area (TPSA) is 55.9 Å². The summed E-state index contributed by atoms with van der Waals surface area (Å²) in [4.78, 5) is 30.3. The van der Waals surface area contributed by atoms with Crippen molar-refractivity contribution in [3.05, 3.63) is 35.4 Å². The molecule has 2 aliphatic heterocycles. The van der Waals surface area contributed by atoms with E-state index in [4.69, 9.17) is 0 Å². The molecule has 3 fully saturated rings. The fraction of sp³-hybridized carbons (Fsp3) is 0.619. The van der Waals surface area contributed by atoms with Gasteiger partial charge >= 0.3 is 6.03 Å². The molecule has 1 aromatic rings. The quantitative estimate of drug-likeness (QED) is 0.866. The van der Waals surface area contributed by atoms with Crippen LogP contribution in [-0.4, -0.2) is 59.0 Å². The van der Waals surface area contributed by atoms with Gasteiger partial charge in [0.05, 0.1) is 6.67 Å². The van der Waals surface area contributed by atoms with Crippen LogP contribution in [0.3, 0.4) is 0 Å². The SMILES string of the molecule is CC1CCCN(Cc2ccc(CNC(=O)N3CC(=O)N(C4CC4)C3)cc2)C1. The molecule has 1 unspecified atom stereocenters. The molecule has 4 rings (SSSR count). The zero-order valence-electron chi connectivity index (χ0n) is 16.2. The molecule has 27 heavy (non-hydrogen) atoms. The largest absolute Gasteiger partial charge is 0.334 e. The summed E-state index contributed by atoms with van der Waals surface area (Å²) >= 11 is 0. The van der Waals surface area contributed by atoms with Crippen LogP contribution >= 0.6 is 0 Å². The number of piperidine rings is 1. The first-order chi connectivity index (χ1) is 13.1. The van der Waals surface area contributed by atoms with E-state index in [1.807, 2.05) is 4.90 Å². The molecule has 1 N–H and O–H groups in total. The highest BCUT2D eigenvalue weighted by atomic mass is 16.2. The van der Waals surface area contributed by atoms with Crippen LogP contribution in [0.25, 0.3) is 0 Å². The van der Waals surface area contributed by atoms with Crippen molar-refractivity contribution in [2.75, 3.05) is 26.3 Å². The Morgan fingerprint density at radius 2 is 1.89 bits per heavy atom. The van der Waals surface area contributed by atoms with E-state index in [0.29, 0.717) is 19.3 Å². The summed E-state index contributed by atoms with van der Waals surface area (Å²) in [6, 6.07) is 8.72. The first kappa shape index (κ1) is 18.3. The molecule has 1 aliphatic carbocycles. The Kier molecular flexibility index (Phi) is 5.34. The second kappa shape index (κ2) is 7.89. The number of carbonyl (C=O) groups is 2. The minimum Gasteiger partial charge on any atom is -0.334 e. The van der Waals surface area contributed by atoms with Crippen LogP contribution in [0.4, 0.5) is 4.79 Å². The van der Waals surface area contributed by atoms with Crippen LogP contribution in [-0.2, 0) is 17.9 Å². The summed E-state index contributed by atoms with van der Waals surface area (Å²) in [6.45, 7) is 6.84. The third-order valence-electron chi connectivity index (χ3n) is 5.86. The number of nitrogens with zero attached hydrogens (tertiary/aromatic N) is 3. The Bertz CT molecular complexity index is 686. The Hall–Kier alpha value is -2.08. The Morgan fingerprint density at radius 3 is 2.59 bits per heavy atom. The van der Waals surface area contributed by atoms with Crippen LogP contribution in [0.5, 0.6) is 0 Å². The van der Waals surface area contributed by atoms with Gasteiger partial charge in [0.2, 0.25) is 5.91 Å². The van der Waals surface area contributed by atoms with Crippen LogP contribution in [0.1, 0.15) is 43.7 Å². The average molecular weight is 370 g/mol. The van der Waals surface area contributed by atoms with Crippen molar-refractivity contribution in [3.8, 4) is 0 Å². The van der Waals surface area contributed by atoms with Gasteiger partial charge in [0.15, 0.2) is 0 Å². The van der Waals surface area contributed by atoms with Crippen molar-refractivity contribution < 1.29 is 9.59 Å². The molecule has 6 heteroatoms. The molecule has 2 saturated heterocycles. The van der Waals surface area contributed by atoms with Crippen molar-refractivity contribution in [1.82, 2.24) is 20.0 Å². The number of rotatable bonds is 5. The van der Waals surface area contributed by atoms with Gasteiger partial charge in [-0.2, -0.15) is 0 Å². The van der Waals surface area contributed by atoms with Gasteiger partial charge < -0.3 is 10.2 Å². The summed E-state index contributed by atoms with van der Waals surface area (Å²) in [6.07, 6.45) is 4.78. The zero-order valence-corrected chi connectivity index (χ0v) is 16.2. The third-order valence-corrected chi connectivity index (χ3v) is 5.86.